The number of para-hydroxylation sites is 1. The zero-order valence-corrected chi connectivity index (χ0v) is 11.6. The lowest BCUT2D eigenvalue weighted by atomic mass is 10.1. The van der Waals surface area contributed by atoms with Crippen molar-refractivity contribution in [1.82, 2.24) is 4.98 Å². The van der Waals surface area contributed by atoms with Crippen LogP contribution in [0.3, 0.4) is 0 Å². The van der Waals surface area contributed by atoms with Crippen molar-refractivity contribution in [1.29, 1.82) is 0 Å². The molecule has 0 aliphatic carbocycles. The molecule has 3 aromatic rings. The maximum atomic E-state index is 10.6. The van der Waals surface area contributed by atoms with Crippen molar-refractivity contribution in [3.05, 3.63) is 71.9 Å². The second kappa shape index (κ2) is 5.88. The van der Waals surface area contributed by atoms with Gasteiger partial charge in [-0.1, -0.05) is 30.3 Å². The van der Waals surface area contributed by atoms with E-state index in [0.717, 1.165) is 22.5 Å². The molecule has 1 heterocycles. The lowest BCUT2D eigenvalue weighted by Gasteiger charge is -2.06. The van der Waals surface area contributed by atoms with Gasteiger partial charge in [-0.2, -0.15) is 0 Å². The number of aldehydes is 1. The number of rotatable bonds is 4. The van der Waals surface area contributed by atoms with E-state index >= 15 is 0 Å². The summed E-state index contributed by atoms with van der Waals surface area (Å²) in [7, 11) is 0. The SMILES string of the molecule is O=Cc1ccc(SCc2ccnc3ccccc23)cc1. The van der Waals surface area contributed by atoms with E-state index in [4.69, 9.17) is 0 Å². The summed E-state index contributed by atoms with van der Waals surface area (Å²) >= 11 is 1.76. The van der Waals surface area contributed by atoms with Crippen LogP contribution in [-0.2, 0) is 5.75 Å². The van der Waals surface area contributed by atoms with Gasteiger partial charge in [-0.05, 0) is 29.8 Å². The highest BCUT2D eigenvalue weighted by Crippen LogP contribution is 2.26. The molecule has 0 amide bonds. The van der Waals surface area contributed by atoms with Crippen LogP contribution in [0.15, 0.2) is 65.7 Å². The molecule has 0 atom stereocenters. The van der Waals surface area contributed by atoms with E-state index in [2.05, 4.69) is 17.1 Å². The fourth-order valence-corrected chi connectivity index (χ4v) is 2.99. The van der Waals surface area contributed by atoms with E-state index in [-0.39, 0.29) is 0 Å². The largest absolute Gasteiger partial charge is 0.298 e. The van der Waals surface area contributed by atoms with Crippen LogP contribution in [0.1, 0.15) is 15.9 Å². The number of pyridine rings is 1. The van der Waals surface area contributed by atoms with E-state index in [0.29, 0.717) is 5.56 Å². The number of nitrogens with zero attached hydrogens (tertiary/aromatic N) is 1. The van der Waals surface area contributed by atoms with Gasteiger partial charge in [0, 0.05) is 27.8 Å². The highest BCUT2D eigenvalue weighted by atomic mass is 32.2. The van der Waals surface area contributed by atoms with Gasteiger partial charge in [-0.15, -0.1) is 11.8 Å². The zero-order valence-electron chi connectivity index (χ0n) is 10.8. The first kappa shape index (κ1) is 12.9. The maximum Gasteiger partial charge on any atom is 0.150 e. The first-order valence-corrected chi connectivity index (χ1v) is 7.36. The Morgan fingerprint density at radius 3 is 2.60 bits per heavy atom. The summed E-state index contributed by atoms with van der Waals surface area (Å²) in [6.07, 6.45) is 2.72. The fourth-order valence-electron chi connectivity index (χ4n) is 2.08. The molecule has 0 aliphatic rings. The smallest absolute Gasteiger partial charge is 0.150 e. The Morgan fingerprint density at radius 1 is 1.00 bits per heavy atom. The molecular weight excluding hydrogens is 266 g/mol. The van der Waals surface area contributed by atoms with Crippen LogP contribution < -0.4 is 0 Å². The quantitative estimate of drug-likeness (QED) is 0.525. The molecule has 3 rings (SSSR count). The molecule has 0 saturated heterocycles. The molecule has 0 aliphatic heterocycles. The summed E-state index contributed by atoms with van der Waals surface area (Å²) in [5.74, 6) is 0.892. The Kier molecular flexibility index (Phi) is 3.79. The Balaban J connectivity index is 1.81. The van der Waals surface area contributed by atoms with Gasteiger partial charge in [0.1, 0.15) is 6.29 Å². The average molecular weight is 279 g/mol. The molecular formula is C17H13NOS. The number of aromatic nitrogens is 1. The van der Waals surface area contributed by atoms with Crippen LogP contribution in [0.4, 0.5) is 0 Å². The number of hydrogen-bond donors (Lipinski definition) is 0. The highest BCUT2D eigenvalue weighted by molar-refractivity contribution is 7.98. The normalized spacial score (nSPS) is 10.6. The monoisotopic (exact) mass is 279 g/mol. The van der Waals surface area contributed by atoms with Crippen molar-refractivity contribution in [2.45, 2.75) is 10.6 Å². The first-order valence-electron chi connectivity index (χ1n) is 6.37. The lowest BCUT2D eigenvalue weighted by Crippen LogP contribution is -1.86. The summed E-state index contributed by atoms with van der Waals surface area (Å²) in [6, 6.07) is 17.9. The van der Waals surface area contributed by atoms with E-state index in [1.807, 2.05) is 48.7 Å². The Bertz CT molecular complexity index is 732. The third-order valence-corrected chi connectivity index (χ3v) is 4.21. The van der Waals surface area contributed by atoms with Crippen molar-refractivity contribution in [3.63, 3.8) is 0 Å². The topological polar surface area (TPSA) is 30.0 Å². The highest BCUT2D eigenvalue weighted by Gasteiger charge is 2.02. The number of benzene rings is 2. The summed E-state index contributed by atoms with van der Waals surface area (Å²) in [4.78, 5) is 16.2. The fraction of sp³-hybridized carbons (Fsp3) is 0.0588. The van der Waals surface area contributed by atoms with E-state index in [1.54, 1.807) is 11.8 Å². The molecule has 0 unspecified atom stereocenters. The van der Waals surface area contributed by atoms with Crippen LogP contribution in [0.5, 0.6) is 0 Å². The van der Waals surface area contributed by atoms with Gasteiger partial charge in [0.15, 0.2) is 0 Å². The van der Waals surface area contributed by atoms with Crippen molar-refractivity contribution in [3.8, 4) is 0 Å². The molecule has 0 spiro atoms. The second-order valence-corrected chi connectivity index (χ2v) is 5.51. The molecule has 20 heavy (non-hydrogen) atoms. The van der Waals surface area contributed by atoms with Gasteiger partial charge >= 0.3 is 0 Å². The van der Waals surface area contributed by atoms with E-state index in [1.165, 1.54) is 10.9 Å². The maximum absolute atomic E-state index is 10.6. The Labute approximate surface area is 121 Å². The van der Waals surface area contributed by atoms with Crippen molar-refractivity contribution < 1.29 is 4.79 Å². The number of hydrogen-bond acceptors (Lipinski definition) is 3. The molecule has 0 bridgehead atoms. The minimum atomic E-state index is 0.712. The average Bonchev–Trinajstić information content (AvgIpc) is 2.53. The number of carbonyl (C=O) groups is 1. The number of thioether (sulfide) groups is 1. The number of fused-ring (bicyclic) bond motifs is 1. The molecule has 0 saturated carbocycles. The third kappa shape index (κ3) is 2.73. The summed E-state index contributed by atoms with van der Waals surface area (Å²) in [5.41, 5.74) is 3.02. The lowest BCUT2D eigenvalue weighted by molar-refractivity contribution is 0.112. The Hall–Kier alpha value is -2.13. The second-order valence-electron chi connectivity index (χ2n) is 4.46. The molecule has 3 heteroatoms. The standard InChI is InChI=1S/C17H13NOS/c19-11-13-5-7-15(8-6-13)20-12-14-9-10-18-17-4-2-1-3-16(14)17/h1-11H,12H2. The number of carbonyl (C=O) groups excluding carboxylic acids is 1. The molecule has 2 nitrogen and oxygen atoms in total. The molecule has 2 aromatic carbocycles. The molecule has 98 valence electrons. The van der Waals surface area contributed by atoms with Gasteiger partial charge in [0.05, 0.1) is 5.52 Å². The van der Waals surface area contributed by atoms with Gasteiger partial charge in [0.25, 0.3) is 0 Å². The summed E-state index contributed by atoms with van der Waals surface area (Å²) in [6.45, 7) is 0. The van der Waals surface area contributed by atoms with Crippen LogP contribution in [-0.4, -0.2) is 11.3 Å². The first-order chi connectivity index (χ1) is 9.86. The van der Waals surface area contributed by atoms with Gasteiger partial charge < -0.3 is 0 Å². The van der Waals surface area contributed by atoms with Gasteiger partial charge in [-0.25, -0.2) is 0 Å². The minimum Gasteiger partial charge on any atom is -0.298 e. The molecule has 0 N–H and O–H groups in total. The van der Waals surface area contributed by atoms with Gasteiger partial charge in [0.2, 0.25) is 0 Å². The zero-order chi connectivity index (χ0) is 13.8. The predicted octanol–water partition coefficient (Wildman–Crippen LogP) is 4.34. The third-order valence-electron chi connectivity index (χ3n) is 3.15. The van der Waals surface area contributed by atoms with Crippen molar-refractivity contribution in [2.75, 3.05) is 0 Å². The molecule has 0 radical (unpaired) electrons. The summed E-state index contributed by atoms with van der Waals surface area (Å²) < 4.78 is 0. The van der Waals surface area contributed by atoms with Crippen LogP contribution in [0.2, 0.25) is 0 Å². The van der Waals surface area contributed by atoms with Crippen LogP contribution in [0.25, 0.3) is 10.9 Å². The van der Waals surface area contributed by atoms with E-state index < -0.39 is 0 Å². The molecule has 0 fully saturated rings. The molecule has 1 aromatic heterocycles. The predicted molar refractivity (Wildman–Crippen MR) is 83.1 cm³/mol. The van der Waals surface area contributed by atoms with Crippen LogP contribution >= 0.6 is 11.8 Å². The van der Waals surface area contributed by atoms with Crippen molar-refractivity contribution in [2.24, 2.45) is 0 Å². The van der Waals surface area contributed by atoms with Crippen LogP contribution in [0, 0.1) is 0 Å². The Morgan fingerprint density at radius 2 is 1.80 bits per heavy atom. The van der Waals surface area contributed by atoms with Gasteiger partial charge in [-0.3, -0.25) is 9.78 Å². The van der Waals surface area contributed by atoms with Crippen molar-refractivity contribution >= 4 is 29.0 Å². The minimum absolute atomic E-state index is 0.712. The van der Waals surface area contributed by atoms with E-state index in [9.17, 15) is 4.79 Å². The summed E-state index contributed by atoms with van der Waals surface area (Å²) in [5, 5.41) is 1.20.